The fraction of sp³-hybridized carbons (Fsp3) is 0. The minimum absolute atomic E-state index is 0.247. The molecule has 1 N–H and O–H groups in total. The monoisotopic (exact) mass is 295 g/mol. The average molecular weight is 295 g/mol. The van der Waals surface area contributed by atoms with Crippen LogP contribution in [-0.2, 0) is 0 Å². The van der Waals surface area contributed by atoms with Gasteiger partial charge in [0.2, 0.25) is 0 Å². The zero-order chi connectivity index (χ0) is 14.5. The molecule has 1 heterocycles. The summed E-state index contributed by atoms with van der Waals surface area (Å²) in [5, 5.41) is 2.79. The first-order chi connectivity index (χ1) is 10.3. The summed E-state index contributed by atoms with van der Waals surface area (Å²) in [4.78, 5) is 14.1. The van der Waals surface area contributed by atoms with E-state index in [0.29, 0.717) is 5.76 Å². The lowest BCUT2D eigenvalue weighted by molar-refractivity contribution is 0.0996. The predicted molar refractivity (Wildman–Crippen MR) is 83.7 cm³/mol. The summed E-state index contributed by atoms with van der Waals surface area (Å²) >= 11 is 1.68. The number of hydrogen-bond donors (Lipinski definition) is 1. The van der Waals surface area contributed by atoms with Gasteiger partial charge in [-0.05, 0) is 48.5 Å². The summed E-state index contributed by atoms with van der Waals surface area (Å²) in [5.74, 6) is 0.0567. The minimum atomic E-state index is -0.247. The van der Waals surface area contributed by atoms with Gasteiger partial charge in [-0.3, -0.25) is 4.79 Å². The Morgan fingerprint density at radius 2 is 1.57 bits per heavy atom. The zero-order valence-electron chi connectivity index (χ0n) is 11.2. The summed E-state index contributed by atoms with van der Waals surface area (Å²) in [5.41, 5.74) is 0.744. The molecule has 4 heteroatoms. The number of rotatable bonds is 4. The molecule has 0 spiro atoms. The Labute approximate surface area is 127 Å². The van der Waals surface area contributed by atoms with Gasteiger partial charge in [0.1, 0.15) is 0 Å². The minimum Gasteiger partial charge on any atom is -0.459 e. The van der Waals surface area contributed by atoms with Gasteiger partial charge < -0.3 is 9.73 Å². The molecule has 0 aliphatic carbocycles. The number of carbonyl (C=O) groups excluding carboxylic acids is 1. The van der Waals surface area contributed by atoms with Gasteiger partial charge in [-0.15, -0.1) is 0 Å². The third-order valence-corrected chi connectivity index (χ3v) is 3.85. The molecule has 3 nitrogen and oxygen atoms in total. The van der Waals surface area contributed by atoms with Crippen molar-refractivity contribution in [3.05, 3.63) is 78.8 Å². The van der Waals surface area contributed by atoms with Crippen LogP contribution < -0.4 is 5.32 Å². The maximum absolute atomic E-state index is 11.8. The maximum Gasteiger partial charge on any atom is 0.291 e. The fourth-order valence-corrected chi connectivity index (χ4v) is 2.67. The molecule has 0 unspecified atom stereocenters. The second-order valence-corrected chi connectivity index (χ2v) is 5.52. The molecule has 1 amide bonds. The van der Waals surface area contributed by atoms with Crippen LogP contribution in [0.4, 0.5) is 5.69 Å². The van der Waals surface area contributed by atoms with Gasteiger partial charge >= 0.3 is 0 Å². The Morgan fingerprint density at radius 3 is 2.24 bits per heavy atom. The number of carbonyl (C=O) groups is 1. The van der Waals surface area contributed by atoms with E-state index in [2.05, 4.69) is 17.4 Å². The quantitative estimate of drug-likeness (QED) is 0.759. The van der Waals surface area contributed by atoms with Gasteiger partial charge in [0.25, 0.3) is 5.91 Å². The van der Waals surface area contributed by atoms with Crippen LogP contribution in [-0.4, -0.2) is 5.91 Å². The number of furan rings is 1. The maximum atomic E-state index is 11.8. The molecule has 1 aromatic heterocycles. The fourth-order valence-electron chi connectivity index (χ4n) is 1.83. The Hall–Kier alpha value is -2.46. The first kappa shape index (κ1) is 13.5. The summed E-state index contributed by atoms with van der Waals surface area (Å²) in [7, 11) is 0. The van der Waals surface area contributed by atoms with E-state index in [9.17, 15) is 4.79 Å². The Bertz CT molecular complexity index is 706. The molecule has 104 valence electrons. The van der Waals surface area contributed by atoms with Crippen molar-refractivity contribution in [2.75, 3.05) is 5.32 Å². The van der Waals surface area contributed by atoms with Gasteiger partial charge in [0.05, 0.1) is 6.26 Å². The molecule has 3 aromatic rings. The molecule has 0 aliphatic heterocycles. The summed E-state index contributed by atoms with van der Waals surface area (Å²) in [6, 6.07) is 21.2. The molecule has 0 bridgehead atoms. The number of anilines is 1. The van der Waals surface area contributed by atoms with E-state index in [0.717, 1.165) is 10.6 Å². The molecular formula is C17H13NO2S. The van der Waals surface area contributed by atoms with E-state index < -0.39 is 0 Å². The molecule has 21 heavy (non-hydrogen) atoms. The van der Waals surface area contributed by atoms with E-state index in [-0.39, 0.29) is 5.91 Å². The van der Waals surface area contributed by atoms with Crippen molar-refractivity contribution in [1.29, 1.82) is 0 Å². The smallest absolute Gasteiger partial charge is 0.291 e. The van der Waals surface area contributed by atoms with Gasteiger partial charge in [-0.25, -0.2) is 0 Å². The van der Waals surface area contributed by atoms with Gasteiger partial charge in [0, 0.05) is 15.5 Å². The highest BCUT2D eigenvalue weighted by molar-refractivity contribution is 7.99. The Morgan fingerprint density at radius 1 is 0.857 bits per heavy atom. The molecule has 0 fully saturated rings. The summed E-state index contributed by atoms with van der Waals surface area (Å²) in [6.45, 7) is 0. The molecule has 3 rings (SSSR count). The molecule has 0 atom stereocenters. The first-order valence-electron chi connectivity index (χ1n) is 6.49. The van der Waals surface area contributed by atoms with Crippen LogP contribution in [0.5, 0.6) is 0 Å². The van der Waals surface area contributed by atoms with E-state index in [4.69, 9.17) is 4.42 Å². The molecular weight excluding hydrogens is 282 g/mol. The van der Waals surface area contributed by atoms with Gasteiger partial charge in [0.15, 0.2) is 5.76 Å². The van der Waals surface area contributed by atoms with Crippen molar-refractivity contribution in [3.63, 3.8) is 0 Å². The van der Waals surface area contributed by atoms with E-state index >= 15 is 0 Å². The van der Waals surface area contributed by atoms with Crippen LogP contribution in [0, 0.1) is 0 Å². The number of amides is 1. The van der Waals surface area contributed by atoms with E-state index in [1.165, 1.54) is 11.2 Å². The van der Waals surface area contributed by atoms with E-state index in [1.54, 1.807) is 23.9 Å². The lowest BCUT2D eigenvalue weighted by Crippen LogP contribution is -2.10. The molecule has 0 saturated carbocycles. The topological polar surface area (TPSA) is 42.2 Å². The highest BCUT2D eigenvalue weighted by atomic mass is 32.2. The standard InChI is InChI=1S/C17H13NO2S/c19-17(16-7-4-12-20-16)18-13-8-10-15(11-9-13)21-14-5-2-1-3-6-14/h1-12H,(H,18,19). The lowest BCUT2D eigenvalue weighted by atomic mass is 10.3. The number of hydrogen-bond acceptors (Lipinski definition) is 3. The summed E-state index contributed by atoms with van der Waals surface area (Å²) in [6.07, 6.45) is 1.48. The highest BCUT2D eigenvalue weighted by Crippen LogP contribution is 2.28. The van der Waals surface area contributed by atoms with Crippen LogP contribution in [0.2, 0.25) is 0 Å². The first-order valence-corrected chi connectivity index (χ1v) is 7.31. The van der Waals surface area contributed by atoms with Crippen LogP contribution >= 0.6 is 11.8 Å². The molecule has 0 aliphatic rings. The largest absolute Gasteiger partial charge is 0.459 e. The van der Waals surface area contributed by atoms with Crippen molar-refractivity contribution in [3.8, 4) is 0 Å². The third kappa shape index (κ3) is 3.55. The van der Waals surface area contributed by atoms with Gasteiger partial charge in [-0.2, -0.15) is 0 Å². The zero-order valence-corrected chi connectivity index (χ0v) is 12.0. The molecule has 0 radical (unpaired) electrons. The second-order valence-electron chi connectivity index (χ2n) is 4.37. The van der Waals surface area contributed by atoms with Crippen molar-refractivity contribution in [1.82, 2.24) is 0 Å². The molecule has 0 saturated heterocycles. The summed E-state index contributed by atoms with van der Waals surface area (Å²) < 4.78 is 5.05. The average Bonchev–Trinajstić information content (AvgIpc) is 3.05. The Balaban J connectivity index is 1.65. The van der Waals surface area contributed by atoms with Crippen molar-refractivity contribution < 1.29 is 9.21 Å². The van der Waals surface area contributed by atoms with Crippen LogP contribution in [0.3, 0.4) is 0 Å². The van der Waals surface area contributed by atoms with Gasteiger partial charge in [-0.1, -0.05) is 30.0 Å². The van der Waals surface area contributed by atoms with Crippen molar-refractivity contribution in [2.45, 2.75) is 9.79 Å². The van der Waals surface area contributed by atoms with Crippen LogP contribution in [0.15, 0.2) is 87.2 Å². The van der Waals surface area contributed by atoms with E-state index in [1.807, 2.05) is 42.5 Å². The van der Waals surface area contributed by atoms with Crippen LogP contribution in [0.1, 0.15) is 10.6 Å². The SMILES string of the molecule is O=C(Nc1ccc(Sc2ccccc2)cc1)c1ccco1. The number of nitrogens with one attached hydrogen (secondary N) is 1. The van der Waals surface area contributed by atoms with Crippen molar-refractivity contribution in [2.24, 2.45) is 0 Å². The molecule has 2 aromatic carbocycles. The van der Waals surface area contributed by atoms with Crippen molar-refractivity contribution >= 4 is 23.4 Å². The third-order valence-electron chi connectivity index (χ3n) is 2.84. The predicted octanol–water partition coefficient (Wildman–Crippen LogP) is 4.68. The highest BCUT2D eigenvalue weighted by Gasteiger charge is 2.08. The number of benzene rings is 2. The van der Waals surface area contributed by atoms with Crippen LogP contribution in [0.25, 0.3) is 0 Å². The Kier molecular flexibility index (Phi) is 4.07. The second kappa shape index (κ2) is 6.33. The normalized spacial score (nSPS) is 10.3. The lowest BCUT2D eigenvalue weighted by Gasteiger charge is -2.05.